The summed E-state index contributed by atoms with van der Waals surface area (Å²) >= 11 is 5.07. The number of rotatable bonds is 6. The fourth-order valence-corrected chi connectivity index (χ4v) is 3.04. The van der Waals surface area contributed by atoms with Crippen LogP contribution in [0.4, 0.5) is 10.1 Å². The van der Waals surface area contributed by atoms with Crippen LogP contribution in [0.5, 0.6) is 5.75 Å². The van der Waals surface area contributed by atoms with Gasteiger partial charge in [0, 0.05) is 11.1 Å². The zero-order valence-electron chi connectivity index (χ0n) is 15.9. The molecular weight excluding hydrogens is 405 g/mol. The van der Waals surface area contributed by atoms with Gasteiger partial charge in [0.05, 0.1) is 24.6 Å². The molecule has 0 atom stereocenters. The van der Waals surface area contributed by atoms with Crippen molar-refractivity contribution in [3.05, 3.63) is 83.7 Å². The fraction of sp³-hybridized carbons (Fsp3) is 0.0455. The normalized spacial score (nSPS) is 10.7. The minimum Gasteiger partial charge on any atom is -0.495 e. The van der Waals surface area contributed by atoms with E-state index in [0.29, 0.717) is 17.0 Å². The Labute approximate surface area is 178 Å². The van der Waals surface area contributed by atoms with Crippen LogP contribution >= 0.6 is 12.2 Å². The van der Waals surface area contributed by atoms with Crippen molar-refractivity contribution in [3.63, 3.8) is 0 Å². The summed E-state index contributed by atoms with van der Waals surface area (Å²) < 4.78 is 18.8. The summed E-state index contributed by atoms with van der Waals surface area (Å²) in [6.45, 7) is 0. The number of nitrogens with zero attached hydrogens (tertiary/aromatic N) is 2. The van der Waals surface area contributed by atoms with Gasteiger partial charge in [0.15, 0.2) is 5.11 Å². The number of aromatic carboxylic acids is 1. The largest absolute Gasteiger partial charge is 0.495 e. The van der Waals surface area contributed by atoms with Gasteiger partial charge in [-0.15, -0.1) is 0 Å². The average Bonchev–Trinajstić information content (AvgIpc) is 2.74. The van der Waals surface area contributed by atoms with Crippen molar-refractivity contribution in [1.82, 2.24) is 0 Å². The number of nitrogens with two attached hydrogens (primary N) is 1. The quantitative estimate of drug-likeness (QED) is 0.349. The van der Waals surface area contributed by atoms with E-state index in [1.54, 1.807) is 30.3 Å². The molecule has 3 aromatic carbocycles. The molecule has 152 valence electrons. The molecule has 0 aliphatic heterocycles. The molecule has 0 aliphatic rings. The highest BCUT2D eigenvalue weighted by Crippen LogP contribution is 2.32. The third-order valence-corrected chi connectivity index (χ3v) is 4.44. The number of carboxylic acids is 1. The number of hydrogen-bond acceptors (Lipinski definition) is 4. The van der Waals surface area contributed by atoms with Crippen LogP contribution in [-0.2, 0) is 0 Å². The van der Waals surface area contributed by atoms with Gasteiger partial charge in [-0.2, -0.15) is 5.10 Å². The molecule has 0 unspecified atom stereocenters. The van der Waals surface area contributed by atoms with Gasteiger partial charge in [0.2, 0.25) is 0 Å². The van der Waals surface area contributed by atoms with Crippen LogP contribution in [0.25, 0.3) is 11.1 Å². The first-order chi connectivity index (χ1) is 14.4. The van der Waals surface area contributed by atoms with Crippen LogP contribution in [0.3, 0.4) is 0 Å². The van der Waals surface area contributed by atoms with Crippen LogP contribution < -0.4 is 15.5 Å². The molecule has 0 fully saturated rings. The highest BCUT2D eigenvalue weighted by Gasteiger charge is 2.13. The van der Waals surface area contributed by atoms with Gasteiger partial charge >= 0.3 is 5.97 Å². The molecule has 0 radical (unpaired) electrons. The van der Waals surface area contributed by atoms with E-state index >= 15 is 0 Å². The highest BCUT2D eigenvalue weighted by atomic mass is 32.1. The minimum atomic E-state index is -1.07. The van der Waals surface area contributed by atoms with Gasteiger partial charge in [-0.1, -0.05) is 30.3 Å². The van der Waals surface area contributed by atoms with Crippen molar-refractivity contribution < 1.29 is 19.0 Å². The van der Waals surface area contributed by atoms with Crippen molar-refractivity contribution in [3.8, 4) is 16.9 Å². The van der Waals surface area contributed by atoms with Crippen LogP contribution in [-0.4, -0.2) is 29.5 Å². The van der Waals surface area contributed by atoms with Crippen LogP contribution in [0.1, 0.15) is 15.9 Å². The van der Waals surface area contributed by atoms with E-state index in [-0.39, 0.29) is 16.5 Å². The third-order valence-electron chi connectivity index (χ3n) is 4.26. The molecular formula is C22H18FN3O3S. The standard InChI is InChI=1S/C22H18FN3O3S/c1-29-20-16(5-3-7-19(20)14-8-10-17(23)11-9-14)13-25-26(22(24)30)18-6-2-4-15(12-18)21(27)28/h2-13H,1H3,(H2,24,30)(H,27,28). The van der Waals surface area contributed by atoms with Gasteiger partial charge in [-0.25, -0.2) is 14.2 Å². The van der Waals surface area contributed by atoms with E-state index in [1.807, 2.05) is 12.1 Å². The molecule has 6 nitrogen and oxygen atoms in total. The number of para-hydroxylation sites is 1. The summed E-state index contributed by atoms with van der Waals surface area (Å²) in [6, 6.07) is 17.6. The Hall–Kier alpha value is -3.78. The molecule has 0 saturated carbocycles. The number of carboxylic acid groups (broad SMARTS) is 1. The number of carbonyl (C=O) groups is 1. The summed E-state index contributed by atoms with van der Waals surface area (Å²) in [5.41, 5.74) is 8.46. The summed E-state index contributed by atoms with van der Waals surface area (Å²) in [5.74, 6) is -0.862. The van der Waals surface area contributed by atoms with Crippen LogP contribution in [0.15, 0.2) is 71.8 Å². The number of benzene rings is 3. The smallest absolute Gasteiger partial charge is 0.335 e. The van der Waals surface area contributed by atoms with E-state index in [2.05, 4.69) is 5.10 Å². The fourth-order valence-electron chi connectivity index (χ4n) is 2.88. The number of halogens is 1. The van der Waals surface area contributed by atoms with E-state index in [4.69, 9.17) is 22.7 Å². The Morgan fingerprint density at radius 2 is 1.87 bits per heavy atom. The van der Waals surface area contributed by atoms with Gasteiger partial charge in [0.25, 0.3) is 0 Å². The maximum Gasteiger partial charge on any atom is 0.335 e. The van der Waals surface area contributed by atoms with Crippen LogP contribution in [0.2, 0.25) is 0 Å². The Bertz CT molecular complexity index is 1120. The Balaban J connectivity index is 2.00. The lowest BCUT2D eigenvalue weighted by atomic mass is 10.0. The molecule has 0 amide bonds. The van der Waals surface area contributed by atoms with Crippen molar-refractivity contribution in [2.24, 2.45) is 10.8 Å². The molecule has 3 aromatic rings. The van der Waals surface area contributed by atoms with E-state index in [9.17, 15) is 14.3 Å². The Morgan fingerprint density at radius 1 is 1.17 bits per heavy atom. The van der Waals surface area contributed by atoms with E-state index in [1.165, 1.54) is 42.6 Å². The first-order valence-electron chi connectivity index (χ1n) is 8.80. The maximum atomic E-state index is 13.3. The number of thiocarbonyl (C=S) groups is 1. The summed E-state index contributed by atoms with van der Waals surface area (Å²) in [7, 11) is 1.53. The van der Waals surface area contributed by atoms with Gasteiger partial charge in [0.1, 0.15) is 11.6 Å². The number of hydrazone groups is 1. The summed E-state index contributed by atoms with van der Waals surface area (Å²) in [6.07, 6.45) is 1.51. The SMILES string of the molecule is COc1c(C=NN(C(N)=S)c2cccc(C(=O)O)c2)cccc1-c1ccc(F)cc1. The first-order valence-corrected chi connectivity index (χ1v) is 9.21. The summed E-state index contributed by atoms with van der Waals surface area (Å²) in [4.78, 5) is 11.2. The second-order valence-corrected chi connectivity index (χ2v) is 6.60. The molecule has 0 aliphatic carbocycles. The van der Waals surface area contributed by atoms with Gasteiger partial charge < -0.3 is 15.6 Å². The van der Waals surface area contributed by atoms with E-state index < -0.39 is 5.97 Å². The molecule has 0 bridgehead atoms. The monoisotopic (exact) mass is 423 g/mol. The number of ether oxygens (including phenoxy) is 1. The first kappa shape index (κ1) is 20.9. The Morgan fingerprint density at radius 3 is 2.50 bits per heavy atom. The van der Waals surface area contributed by atoms with E-state index in [0.717, 1.165) is 11.1 Å². The zero-order valence-corrected chi connectivity index (χ0v) is 16.8. The molecule has 0 aromatic heterocycles. The molecule has 3 rings (SSSR count). The predicted octanol–water partition coefficient (Wildman–Crippen LogP) is 4.28. The lowest BCUT2D eigenvalue weighted by molar-refractivity contribution is 0.0697. The van der Waals surface area contributed by atoms with Crippen molar-refractivity contribution >= 4 is 35.2 Å². The van der Waals surface area contributed by atoms with Crippen molar-refractivity contribution in [2.75, 3.05) is 12.1 Å². The number of hydrogen-bond donors (Lipinski definition) is 2. The topological polar surface area (TPSA) is 88.1 Å². The maximum absolute atomic E-state index is 13.3. The second-order valence-electron chi connectivity index (χ2n) is 6.19. The lowest BCUT2D eigenvalue weighted by Gasteiger charge is -2.18. The predicted molar refractivity (Wildman–Crippen MR) is 119 cm³/mol. The Kier molecular flexibility index (Phi) is 6.38. The zero-order chi connectivity index (χ0) is 21.7. The highest BCUT2D eigenvalue weighted by molar-refractivity contribution is 7.80. The van der Waals surface area contributed by atoms with Crippen molar-refractivity contribution in [2.45, 2.75) is 0 Å². The minimum absolute atomic E-state index is 0.0533. The number of anilines is 1. The van der Waals surface area contributed by atoms with Gasteiger partial charge in [-0.3, -0.25) is 0 Å². The molecule has 0 saturated heterocycles. The third kappa shape index (κ3) is 4.61. The summed E-state index contributed by atoms with van der Waals surface area (Å²) in [5, 5.41) is 14.7. The number of methoxy groups -OCH3 is 1. The molecule has 30 heavy (non-hydrogen) atoms. The second kappa shape index (κ2) is 9.15. The van der Waals surface area contributed by atoms with Gasteiger partial charge in [-0.05, 0) is 54.2 Å². The average molecular weight is 423 g/mol. The molecule has 0 heterocycles. The molecule has 0 spiro atoms. The van der Waals surface area contributed by atoms with Crippen LogP contribution in [0, 0.1) is 5.82 Å². The molecule has 8 heteroatoms. The molecule has 3 N–H and O–H groups in total. The van der Waals surface area contributed by atoms with Crippen molar-refractivity contribution in [1.29, 1.82) is 0 Å². The lowest BCUT2D eigenvalue weighted by Crippen LogP contribution is -2.31.